The van der Waals surface area contributed by atoms with Crippen LogP contribution in [0.25, 0.3) is 6.08 Å². The molecule has 1 N–H and O–H groups in total. The molecule has 7 rings (SSSR count). The van der Waals surface area contributed by atoms with Crippen LogP contribution in [0.15, 0.2) is 54.6 Å². The summed E-state index contributed by atoms with van der Waals surface area (Å²) in [6.45, 7) is 2.07. The summed E-state index contributed by atoms with van der Waals surface area (Å²) in [5.74, 6) is 2.09. The van der Waals surface area contributed by atoms with Gasteiger partial charge in [-0.15, -0.1) is 0 Å². The molecule has 182 valence electrons. The van der Waals surface area contributed by atoms with E-state index in [2.05, 4.69) is 23.1 Å². The average Bonchev–Trinajstić information content (AvgIpc) is 3.46. The van der Waals surface area contributed by atoms with Gasteiger partial charge in [-0.05, 0) is 67.8 Å². The van der Waals surface area contributed by atoms with Crippen LogP contribution < -0.4 is 4.74 Å². The molecule has 3 fully saturated rings. The molecule has 2 heterocycles. The van der Waals surface area contributed by atoms with Crippen molar-refractivity contribution in [1.29, 1.82) is 0 Å². The van der Waals surface area contributed by atoms with E-state index >= 15 is 0 Å². The number of carbonyl (C=O) groups is 1. The first-order valence-corrected chi connectivity index (χ1v) is 13.3. The number of piperidine rings is 1. The maximum absolute atomic E-state index is 13.3. The largest absolute Gasteiger partial charge is 0.487 e. The minimum absolute atomic E-state index is 0.00584. The van der Waals surface area contributed by atoms with Crippen molar-refractivity contribution in [2.24, 2.45) is 11.8 Å². The molecule has 0 aromatic heterocycles. The topological polar surface area (TPSA) is 53.0 Å². The first-order chi connectivity index (χ1) is 17.1. The molecular weight excluding hydrogens is 436 g/mol. The standard InChI is InChI=1S/C30H34N2O3/c1-31(27(34)13-10-19-6-3-2-4-7-19)23-12-11-22-24-16-20-8-5-9-26-28(20)30(22,29(23)35-26)14-15-32(24)18-21-17-25(21)33/h2-10,13,21-25,29,33H,11-12,14-18H2,1H3/t21?,22-,23-,24+,25?,29-,30-/m0/s1. The van der Waals surface area contributed by atoms with Crippen LogP contribution in [0.2, 0.25) is 0 Å². The van der Waals surface area contributed by atoms with Crippen molar-refractivity contribution in [2.75, 3.05) is 20.1 Å². The zero-order valence-corrected chi connectivity index (χ0v) is 20.3. The summed E-state index contributed by atoms with van der Waals surface area (Å²) >= 11 is 0. The summed E-state index contributed by atoms with van der Waals surface area (Å²) in [6, 6.07) is 17.2. The smallest absolute Gasteiger partial charge is 0.246 e. The van der Waals surface area contributed by atoms with Gasteiger partial charge in [0, 0.05) is 42.6 Å². The van der Waals surface area contributed by atoms with Gasteiger partial charge in [-0.1, -0.05) is 42.5 Å². The summed E-state index contributed by atoms with van der Waals surface area (Å²) in [7, 11) is 1.95. The average molecular weight is 471 g/mol. The van der Waals surface area contributed by atoms with Crippen LogP contribution in [0, 0.1) is 11.8 Å². The molecule has 7 atom stereocenters. The number of amides is 1. The maximum atomic E-state index is 13.3. The third-order valence-corrected chi connectivity index (χ3v) is 9.72. The molecule has 2 aromatic rings. The molecular formula is C30H34N2O3. The number of ether oxygens (including phenoxy) is 1. The van der Waals surface area contributed by atoms with E-state index < -0.39 is 0 Å². The van der Waals surface area contributed by atoms with E-state index in [0.29, 0.717) is 17.9 Å². The Morgan fingerprint density at radius 1 is 1.20 bits per heavy atom. The number of nitrogens with zero attached hydrogens (tertiary/aromatic N) is 2. The molecule has 1 spiro atoms. The number of hydrogen-bond donors (Lipinski definition) is 1. The van der Waals surface area contributed by atoms with Crippen LogP contribution in [0.5, 0.6) is 5.75 Å². The Balaban J connectivity index is 1.20. The van der Waals surface area contributed by atoms with Gasteiger partial charge in [0.25, 0.3) is 0 Å². The molecule has 2 aliphatic heterocycles. The monoisotopic (exact) mass is 470 g/mol. The van der Waals surface area contributed by atoms with Gasteiger partial charge in [0.2, 0.25) is 5.91 Å². The maximum Gasteiger partial charge on any atom is 0.246 e. The molecule has 35 heavy (non-hydrogen) atoms. The van der Waals surface area contributed by atoms with Crippen molar-refractivity contribution in [1.82, 2.24) is 9.80 Å². The van der Waals surface area contributed by atoms with Crippen molar-refractivity contribution in [3.05, 3.63) is 71.3 Å². The zero-order chi connectivity index (χ0) is 23.7. The van der Waals surface area contributed by atoms with Crippen LogP contribution >= 0.6 is 0 Å². The second-order valence-electron chi connectivity index (χ2n) is 11.4. The lowest BCUT2D eigenvalue weighted by atomic mass is 9.51. The van der Waals surface area contributed by atoms with E-state index in [4.69, 9.17) is 4.74 Å². The van der Waals surface area contributed by atoms with Crippen molar-refractivity contribution in [3.63, 3.8) is 0 Å². The van der Waals surface area contributed by atoms with Crippen molar-refractivity contribution < 1.29 is 14.6 Å². The highest BCUT2D eigenvalue weighted by molar-refractivity contribution is 5.92. The Morgan fingerprint density at radius 2 is 2.03 bits per heavy atom. The fourth-order valence-electron chi connectivity index (χ4n) is 7.93. The highest BCUT2D eigenvalue weighted by Crippen LogP contribution is 2.62. The van der Waals surface area contributed by atoms with E-state index in [0.717, 1.165) is 56.5 Å². The molecule has 5 nitrogen and oxygen atoms in total. The Labute approximate surface area is 207 Å². The second kappa shape index (κ2) is 7.94. The zero-order valence-electron chi connectivity index (χ0n) is 20.3. The van der Waals surface area contributed by atoms with Gasteiger partial charge in [-0.3, -0.25) is 9.69 Å². The molecule has 2 saturated carbocycles. The molecule has 0 radical (unpaired) electrons. The molecule has 1 amide bonds. The quantitative estimate of drug-likeness (QED) is 0.678. The van der Waals surface area contributed by atoms with Crippen molar-refractivity contribution in [2.45, 2.75) is 61.8 Å². The van der Waals surface area contributed by atoms with Crippen LogP contribution in [0.3, 0.4) is 0 Å². The third kappa shape index (κ3) is 3.24. The summed E-state index contributed by atoms with van der Waals surface area (Å²) in [4.78, 5) is 17.9. The molecule has 5 aliphatic rings. The highest BCUT2D eigenvalue weighted by atomic mass is 16.5. The lowest BCUT2D eigenvalue weighted by Gasteiger charge is -2.60. The summed E-state index contributed by atoms with van der Waals surface area (Å²) in [5.41, 5.74) is 3.91. The Bertz CT molecular complexity index is 1180. The van der Waals surface area contributed by atoms with E-state index in [1.165, 1.54) is 11.1 Å². The summed E-state index contributed by atoms with van der Waals surface area (Å²) in [5, 5.41) is 10.00. The van der Waals surface area contributed by atoms with Crippen LogP contribution in [-0.2, 0) is 16.6 Å². The van der Waals surface area contributed by atoms with Crippen molar-refractivity contribution >= 4 is 12.0 Å². The number of aliphatic hydroxyl groups excluding tert-OH is 1. The van der Waals surface area contributed by atoms with Gasteiger partial charge in [0.05, 0.1) is 12.1 Å². The predicted molar refractivity (Wildman–Crippen MR) is 135 cm³/mol. The van der Waals surface area contributed by atoms with E-state index in [-0.39, 0.29) is 29.6 Å². The molecule has 2 unspecified atom stereocenters. The number of rotatable bonds is 5. The number of hydrogen-bond acceptors (Lipinski definition) is 4. The normalized spacial score (nSPS) is 36.5. The lowest BCUT2D eigenvalue weighted by Crippen LogP contribution is -2.69. The Morgan fingerprint density at radius 3 is 2.83 bits per heavy atom. The van der Waals surface area contributed by atoms with E-state index in [1.807, 2.05) is 48.4 Å². The van der Waals surface area contributed by atoms with Gasteiger partial charge in [0.1, 0.15) is 11.9 Å². The first-order valence-electron chi connectivity index (χ1n) is 13.3. The number of likely N-dealkylation sites (N-methyl/N-ethyl adjacent to an activating group) is 1. The predicted octanol–water partition coefficient (Wildman–Crippen LogP) is 3.65. The van der Waals surface area contributed by atoms with Crippen LogP contribution in [0.1, 0.15) is 42.4 Å². The first kappa shape index (κ1) is 21.6. The third-order valence-electron chi connectivity index (χ3n) is 9.72. The molecule has 3 aliphatic carbocycles. The van der Waals surface area contributed by atoms with E-state index in [9.17, 15) is 9.90 Å². The van der Waals surface area contributed by atoms with Gasteiger partial charge in [-0.25, -0.2) is 0 Å². The molecule has 5 heteroatoms. The summed E-state index contributed by atoms with van der Waals surface area (Å²) < 4.78 is 6.79. The van der Waals surface area contributed by atoms with Crippen molar-refractivity contribution in [3.8, 4) is 5.75 Å². The lowest BCUT2D eigenvalue weighted by molar-refractivity contribution is -0.135. The second-order valence-corrected chi connectivity index (χ2v) is 11.4. The van der Waals surface area contributed by atoms with E-state index in [1.54, 1.807) is 6.08 Å². The Kier molecular flexibility index (Phi) is 4.91. The fourth-order valence-corrected chi connectivity index (χ4v) is 7.93. The molecule has 2 aromatic carbocycles. The van der Waals surface area contributed by atoms with Crippen LogP contribution in [-0.4, -0.2) is 65.2 Å². The number of benzene rings is 2. The SMILES string of the molecule is CN(C(=O)C=Cc1ccccc1)[C@H]1CC[C@H]2[C@H]3Cc4cccc5c4[C@@]2(CCN3CC2CC2O)[C@H]1O5. The minimum Gasteiger partial charge on any atom is -0.487 e. The van der Waals surface area contributed by atoms with Crippen LogP contribution in [0.4, 0.5) is 0 Å². The number of likely N-dealkylation sites (tertiary alicyclic amines) is 1. The summed E-state index contributed by atoms with van der Waals surface area (Å²) in [6.07, 6.45) is 8.72. The molecule has 2 bridgehead atoms. The van der Waals surface area contributed by atoms with Gasteiger partial charge < -0.3 is 14.7 Å². The van der Waals surface area contributed by atoms with Gasteiger partial charge in [0.15, 0.2) is 0 Å². The number of carbonyl (C=O) groups excluding carboxylic acids is 1. The fraction of sp³-hybridized carbons (Fsp3) is 0.500. The number of aliphatic hydroxyl groups is 1. The highest BCUT2D eigenvalue weighted by Gasteiger charge is 2.66. The molecule has 1 saturated heterocycles. The Hall–Kier alpha value is -2.63. The van der Waals surface area contributed by atoms with Gasteiger partial charge >= 0.3 is 0 Å². The van der Waals surface area contributed by atoms with Gasteiger partial charge in [-0.2, -0.15) is 0 Å². The minimum atomic E-state index is -0.102.